The molecule has 0 aliphatic heterocycles. The molecule has 108 valence electrons. The topological polar surface area (TPSA) is 64.3 Å². The van der Waals surface area contributed by atoms with Crippen LogP contribution in [0.1, 0.15) is 58.8 Å². The molecule has 1 rings (SSSR count). The highest BCUT2D eigenvalue weighted by atomic mass is 16.3. The van der Waals surface area contributed by atoms with Crippen molar-refractivity contribution in [3.05, 3.63) is 0 Å². The molecule has 0 saturated heterocycles. The molecule has 4 heteroatoms. The molecule has 0 spiro atoms. The quantitative estimate of drug-likeness (QED) is 0.770. The van der Waals surface area contributed by atoms with Crippen molar-refractivity contribution in [3.8, 4) is 6.07 Å². The molecule has 0 aromatic rings. The number of rotatable bonds is 7. The van der Waals surface area contributed by atoms with E-state index in [-0.39, 0.29) is 12.3 Å². The van der Waals surface area contributed by atoms with E-state index in [0.29, 0.717) is 25.4 Å². The first kappa shape index (κ1) is 16.0. The summed E-state index contributed by atoms with van der Waals surface area (Å²) < 4.78 is 0. The Balaban J connectivity index is 2.52. The van der Waals surface area contributed by atoms with Crippen molar-refractivity contribution in [1.29, 1.82) is 5.26 Å². The molecule has 0 aromatic carbocycles. The maximum Gasteiger partial charge on any atom is 0.225 e. The number of aliphatic hydroxyl groups is 1. The second-order valence-corrected chi connectivity index (χ2v) is 6.08. The fourth-order valence-corrected chi connectivity index (χ4v) is 2.56. The lowest BCUT2D eigenvalue weighted by molar-refractivity contribution is -0.136. The zero-order valence-corrected chi connectivity index (χ0v) is 12.2. The molecular weight excluding hydrogens is 240 g/mol. The average Bonchev–Trinajstić information content (AvgIpc) is 2.75. The second kappa shape index (κ2) is 7.49. The summed E-state index contributed by atoms with van der Waals surface area (Å²) in [6, 6.07) is 2.09. The van der Waals surface area contributed by atoms with E-state index < -0.39 is 5.60 Å². The normalized spacial score (nSPS) is 17.4. The summed E-state index contributed by atoms with van der Waals surface area (Å²) in [4.78, 5) is 14.0. The van der Waals surface area contributed by atoms with Gasteiger partial charge >= 0.3 is 0 Å². The van der Waals surface area contributed by atoms with Crippen LogP contribution in [0.4, 0.5) is 0 Å². The fraction of sp³-hybridized carbons (Fsp3) is 0.867. The molecule has 1 saturated carbocycles. The summed E-state index contributed by atoms with van der Waals surface area (Å²) >= 11 is 0. The van der Waals surface area contributed by atoms with Crippen molar-refractivity contribution in [2.45, 2.75) is 64.4 Å². The summed E-state index contributed by atoms with van der Waals surface area (Å²) in [5.74, 6) is 0.534. The molecule has 1 amide bonds. The predicted octanol–water partition coefficient (Wildman–Crippen LogP) is 2.47. The van der Waals surface area contributed by atoms with Crippen LogP contribution < -0.4 is 0 Å². The van der Waals surface area contributed by atoms with Gasteiger partial charge in [-0.1, -0.05) is 26.7 Å². The fourth-order valence-electron chi connectivity index (χ4n) is 2.56. The Labute approximate surface area is 116 Å². The molecule has 1 aliphatic rings. The lowest BCUT2D eigenvalue weighted by atomic mass is 9.97. The molecule has 0 radical (unpaired) electrons. The van der Waals surface area contributed by atoms with E-state index in [1.807, 2.05) is 0 Å². The third-order valence-electron chi connectivity index (χ3n) is 3.84. The maximum absolute atomic E-state index is 12.3. The highest BCUT2D eigenvalue weighted by molar-refractivity contribution is 5.77. The monoisotopic (exact) mass is 266 g/mol. The third kappa shape index (κ3) is 5.61. The number of hydrogen-bond donors (Lipinski definition) is 1. The number of carbonyl (C=O) groups excluding carboxylic acids is 1. The highest BCUT2D eigenvalue weighted by Gasteiger charge is 2.34. The van der Waals surface area contributed by atoms with Gasteiger partial charge in [0.2, 0.25) is 5.91 Å². The SMILES string of the molecule is CC(C)CCN(CCC#N)C(=O)CC1(O)CCCC1. The van der Waals surface area contributed by atoms with Gasteiger partial charge in [-0.15, -0.1) is 0 Å². The zero-order valence-electron chi connectivity index (χ0n) is 12.2. The van der Waals surface area contributed by atoms with E-state index >= 15 is 0 Å². The molecule has 1 aliphatic carbocycles. The summed E-state index contributed by atoms with van der Waals surface area (Å²) in [6.45, 7) is 5.42. The van der Waals surface area contributed by atoms with E-state index in [1.165, 1.54) is 0 Å². The predicted molar refractivity (Wildman–Crippen MR) is 74.3 cm³/mol. The molecule has 0 unspecified atom stereocenters. The minimum atomic E-state index is -0.792. The Morgan fingerprint density at radius 3 is 2.53 bits per heavy atom. The smallest absolute Gasteiger partial charge is 0.225 e. The van der Waals surface area contributed by atoms with Crippen LogP contribution in [0.2, 0.25) is 0 Å². The minimum absolute atomic E-state index is 0.000278. The molecule has 0 atom stereocenters. The van der Waals surface area contributed by atoms with Crippen LogP contribution in [0.3, 0.4) is 0 Å². The van der Waals surface area contributed by atoms with Gasteiger partial charge < -0.3 is 10.0 Å². The Morgan fingerprint density at radius 1 is 1.37 bits per heavy atom. The first-order chi connectivity index (χ1) is 8.97. The van der Waals surface area contributed by atoms with Gasteiger partial charge in [0.25, 0.3) is 0 Å². The van der Waals surface area contributed by atoms with Crippen molar-refractivity contribution < 1.29 is 9.90 Å². The van der Waals surface area contributed by atoms with Crippen LogP contribution >= 0.6 is 0 Å². The van der Waals surface area contributed by atoms with Crippen molar-refractivity contribution in [3.63, 3.8) is 0 Å². The van der Waals surface area contributed by atoms with Gasteiger partial charge in [-0.3, -0.25) is 4.79 Å². The van der Waals surface area contributed by atoms with Crippen LogP contribution in [0, 0.1) is 17.2 Å². The third-order valence-corrected chi connectivity index (χ3v) is 3.84. The van der Waals surface area contributed by atoms with Gasteiger partial charge in [0, 0.05) is 13.1 Å². The second-order valence-electron chi connectivity index (χ2n) is 6.08. The summed E-state index contributed by atoms with van der Waals surface area (Å²) in [5.41, 5.74) is -0.792. The van der Waals surface area contributed by atoms with Crippen LogP contribution in [0.25, 0.3) is 0 Å². The molecule has 0 aromatic heterocycles. The first-order valence-electron chi connectivity index (χ1n) is 7.34. The van der Waals surface area contributed by atoms with E-state index in [2.05, 4.69) is 19.9 Å². The summed E-state index contributed by atoms with van der Waals surface area (Å²) in [5, 5.41) is 19.0. The maximum atomic E-state index is 12.3. The lowest BCUT2D eigenvalue weighted by Gasteiger charge is -2.28. The van der Waals surface area contributed by atoms with Gasteiger partial charge in [0.05, 0.1) is 24.5 Å². The van der Waals surface area contributed by atoms with Crippen molar-refractivity contribution in [2.24, 2.45) is 5.92 Å². The summed E-state index contributed by atoms with van der Waals surface area (Å²) in [6.07, 6.45) is 5.00. The van der Waals surface area contributed by atoms with Crippen molar-refractivity contribution >= 4 is 5.91 Å². The Hall–Kier alpha value is -1.08. The van der Waals surface area contributed by atoms with Crippen LogP contribution in [0.15, 0.2) is 0 Å². The number of amides is 1. The van der Waals surface area contributed by atoms with Crippen LogP contribution in [0.5, 0.6) is 0 Å². The molecule has 1 N–H and O–H groups in total. The Morgan fingerprint density at radius 2 is 2.00 bits per heavy atom. The largest absolute Gasteiger partial charge is 0.389 e. The van der Waals surface area contributed by atoms with Gasteiger partial charge in [0.15, 0.2) is 0 Å². The van der Waals surface area contributed by atoms with Crippen molar-refractivity contribution in [1.82, 2.24) is 4.90 Å². The molecule has 1 fully saturated rings. The number of carbonyl (C=O) groups is 1. The molecule has 0 bridgehead atoms. The zero-order chi connectivity index (χ0) is 14.3. The van der Waals surface area contributed by atoms with E-state index in [1.54, 1.807) is 4.90 Å². The van der Waals surface area contributed by atoms with Crippen LogP contribution in [-0.2, 0) is 4.79 Å². The van der Waals surface area contributed by atoms with E-state index in [4.69, 9.17) is 5.26 Å². The Kier molecular flexibility index (Phi) is 6.30. The van der Waals surface area contributed by atoms with Crippen LogP contribution in [-0.4, -0.2) is 34.6 Å². The number of nitriles is 1. The van der Waals surface area contributed by atoms with E-state index in [0.717, 1.165) is 32.1 Å². The van der Waals surface area contributed by atoms with E-state index in [9.17, 15) is 9.90 Å². The average molecular weight is 266 g/mol. The first-order valence-corrected chi connectivity index (χ1v) is 7.34. The molecular formula is C15H26N2O2. The molecule has 0 heterocycles. The highest BCUT2D eigenvalue weighted by Crippen LogP contribution is 2.32. The standard InChI is InChI=1S/C15H26N2O2/c1-13(2)6-11-17(10-5-9-16)14(18)12-15(19)7-3-4-8-15/h13,19H,3-8,10-12H2,1-2H3. The lowest BCUT2D eigenvalue weighted by Crippen LogP contribution is -2.39. The van der Waals surface area contributed by atoms with Gasteiger partial charge in [-0.25, -0.2) is 0 Å². The van der Waals surface area contributed by atoms with Crippen molar-refractivity contribution in [2.75, 3.05) is 13.1 Å². The summed E-state index contributed by atoms with van der Waals surface area (Å²) in [7, 11) is 0. The molecule has 4 nitrogen and oxygen atoms in total. The number of nitrogens with zero attached hydrogens (tertiary/aromatic N) is 2. The van der Waals surface area contributed by atoms with Gasteiger partial charge in [0.1, 0.15) is 0 Å². The Bertz CT molecular complexity index is 328. The number of hydrogen-bond acceptors (Lipinski definition) is 3. The molecule has 19 heavy (non-hydrogen) atoms. The van der Waals surface area contributed by atoms with Gasteiger partial charge in [-0.2, -0.15) is 5.26 Å². The van der Waals surface area contributed by atoms with Gasteiger partial charge in [-0.05, 0) is 25.2 Å². The minimum Gasteiger partial charge on any atom is -0.389 e.